The molecule has 2 rings (SSSR count). The molecule has 0 bridgehead atoms. The van der Waals surface area contributed by atoms with Gasteiger partial charge in [-0.25, -0.2) is 4.68 Å². The maximum absolute atomic E-state index is 5.60. The zero-order valence-electron chi connectivity index (χ0n) is 10.9. The lowest BCUT2D eigenvalue weighted by atomic mass is 9.97. The Morgan fingerprint density at radius 1 is 1.33 bits per heavy atom. The highest BCUT2D eigenvalue weighted by Gasteiger charge is 2.21. The van der Waals surface area contributed by atoms with Crippen molar-refractivity contribution in [3.05, 3.63) is 23.7 Å². The molecule has 0 aliphatic rings. The average molecular weight is 314 g/mol. The monoisotopic (exact) mass is 313 g/mol. The van der Waals surface area contributed by atoms with Crippen molar-refractivity contribution in [3.63, 3.8) is 0 Å². The van der Waals surface area contributed by atoms with Crippen LogP contribution in [0.15, 0.2) is 10.6 Å². The van der Waals surface area contributed by atoms with Crippen molar-refractivity contribution in [1.82, 2.24) is 25.2 Å². The number of aromatic nitrogens is 5. The molecule has 1 unspecified atom stereocenters. The Bertz CT molecular complexity index is 526. The number of nitrogens with zero attached hydrogens (tertiary/aromatic N) is 5. The Morgan fingerprint density at radius 3 is 2.56 bits per heavy atom. The van der Waals surface area contributed by atoms with E-state index in [1.807, 2.05) is 33.9 Å². The standard InChI is InChI=1S/C11H16BrN5O/c1-7(12)8-5-17(16-13-8)6-9-14-15-10(18-9)11(2,3)4/h5,7H,6H2,1-4H3. The van der Waals surface area contributed by atoms with Gasteiger partial charge in [0.2, 0.25) is 11.8 Å². The molecule has 18 heavy (non-hydrogen) atoms. The fourth-order valence-electron chi connectivity index (χ4n) is 1.33. The average Bonchev–Trinajstić information content (AvgIpc) is 2.85. The van der Waals surface area contributed by atoms with Crippen LogP contribution in [-0.4, -0.2) is 25.2 Å². The van der Waals surface area contributed by atoms with Gasteiger partial charge < -0.3 is 4.42 Å². The van der Waals surface area contributed by atoms with E-state index in [0.29, 0.717) is 18.3 Å². The maximum Gasteiger partial charge on any atom is 0.238 e. The van der Waals surface area contributed by atoms with Crippen molar-refractivity contribution in [3.8, 4) is 0 Å². The third-order valence-corrected chi connectivity index (χ3v) is 2.84. The number of hydrogen-bond donors (Lipinski definition) is 0. The van der Waals surface area contributed by atoms with Crippen molar-refractivity contribution in [2.45, 2.75) is 44.5 Å². The minimum absolute atomic E-state index is 0.136. The van der Waals surface area contributed by atoms with E-state index in [0.717, 1.165) is 5.69 Å². The number of halogens is 1. The molecule has 2 aromatic rings. The fourth-order valence-corrected chi connectivity index (χ4v) is 1.54. The largest absolute Gasteiger partial charge is 0.423 e. The molecule has 0 fully saturated rings. The van der Waals surface area contributed by atoms with Gasteiger partial charge in [0, 0.05) is 5.41 Å². The van der Waals surface area contributed by atoms with Crippen LogP contribution >= 0.6 is 15.9 Å². The van der Waals surface area contributed by atoms with Gasteiger partial charge in [0.05, 0.1) is 16.7 Å². The lowest BCUT2D eigenvalue weighted by molar-refractivity contribution is 0.362. The van der Waals surface area contributed by atoms with Crippen LogP contribution in [-0.2, 0) is 12.0 Å². The number of hydrogen-bond acceptors (Lipinski definition) is 5. The van der Waals surface area contributed by atoms with Crippen molar-refractivity contribution in [2.24, 2.45) is 0 Å². The molecule has 0 aliphatic heterocycles. The van der Waals surface area contributed by atoms with Gasteiger partial charge >= 0.3 is 0 Å². The molecule has 0 spiro atoms. The topological polar surface area (TPSA) is 69.6 Å². The van der Waals surface area contributed by atoms with Gasteiger partial charge in [-0.3, -0.25) is 0 Å². The Morgan fingerprint density at radius 2 is 2.06 bits per heavy atom. The molecule has 7 heteroatoms. The van der Waals surface area contributed by atoms with E-state index in [4.69, 9.17) is 4.42 Å². The summed E-state index contributed by atoms with van der Waals surface area (Å²) in [7, 11) is 0. The summed E-state index contributed by atoms with van der Waals surface area (Å²) in [6, 6.07) is 0. The lowest BCUT2D eigenvalue weighted by Crippen LogP contribution is -2.11. The van der Waals surface area contributed by atoms with E-state index in [2.05, 4.69) is 36.4 Å². The van der Waals surface area contributed by atoms with Crippen molar-refractivity contribution < 1.29 is 4.42 Å². The molecule has 0 radical (unpaired) electrons. The molecule has 6 nitrogen and oxygen atoms in total. The van der Waals surface area contributed by atoms with Crippen molar-refractivity contribution in [1.29, 1.82) is 0 Å². The van der Waals surface area contributed by atoms with Crippen LogP contribution in [0.4, 0.5) is 0 Å². The molecule has 0 amide bonds. The van der Waals surface area contributed by atoms with Gasteiger partial charge in [-0.05, 0) is 6.92 Å². The fraction of sp³-hybridized carbons (Fsp3) is 0.636. The normalized spacial score (nSPS) is 13.8. The Balaban J connectivity index is 2.11. The van der Waals surface area contributed by atoms with Crippen LogP contribution in [0.2, 0.25) is 0 Å². The summed E-state index contributed by atoms with van der Waals surface area (Å²) in [4.78, 5) is 0.180. The number of alkyl halides is 1. The van der Waals surface area contributed by atoms with Crippen LogP contribution in [0.5, 0.6) is 0 Å². The summed E-state index contributed by atoms with van der Waals surface area (Å²) < 4.78 is 7.29. The molecular weight excluding hydrogens is 298 g/mol. The van der Waals surface area contributed by atoms with Crippen molar-refractivity contribution >= 4 is 15.9 Å². The first-order valence-electron chi connectivity index (χ1n) is 5.73. The van der Waals surface area contributed by atoms with Crippen LogP contribution in [0.3, 0.4) is 0 Å². The van der Waals surface area contributed by atoms with E-state index < -0.39 is 0 Å². The smallest absolute Gasteiger partial charge is 0.238 e. The first kappa shape index (κ1) is 13.2. The molecular formula is C11H16BrN5O. The molecule has 2 heterocycles. The minimum Gasteiger partial charge on any atom is -0.423 e. The highest BCUT2D eigenvalue weighted by molar-refractivity contribution is 9.09. The summed E-state index contributed by atoms with van der Waals surface area (Å²) in [5.41, 5.74) is 0.744. The van der Waals surface area contributed by atoms with Crippen LogP contribution in [0.25, 0.3) is 0 Å². The second-order valence-electron chi connectivity index (χ2n) is 5.21. The number of rotatable bonds is 3. The second-order valence-corrected chi connectivity index (χ2v) is 6.58. The van der Waals surface area contributed by atoms with Gasteiger partial charge in [0.15, 0.2) is 0 Å². The molecule has 2 aromatic heterocycles. The Kier molecular flexibility index (Phi) is 3.52. The quantitative estimate of drug-likeness (QED) is 0.814. The molecule has 0 N–H and O–H groups in total. The summed E-state index contributed by atoms with van der Waals surface area (Å²) in [5.74, 6) is 1.17. The summed E-state index contributed by atoms with van der Waals surface area (Å²) in [6.45, 7) is 8.54. The van der Waals surface area contributed by atoms with Gasteiger partial charge in [-0.1, -0.05) is 41.9 Å². The van der Waals surface area contributed by atoms with Gasteiger partial charge in [0.25, 0.3) is 0 Å². The van der Waals surface area contributed by atoms with E-state index in [-0.39, 0.29) is 10.2 Å². The Labute approximate surface area is 114 Å². The van der Waals surface area contributed by atoms with E-state index in [1.54, 1.807) is 4.68 Å². The van der Waals surface area contributed by atoms with Gasteiger partial charge in [0.1, 0.15) is 6.54 Å². The lowest BCUT2D eigenvalue weighted by Gasteiger charge is -2.10. The minimum atomic E-state index is -0.136. The van der Waals surface area contributed by atoms with Gasteiger partial charge in [-0.2, -0.15) is 0 Å². The predicted octanol–water partition coefficient (Wildman–Crippen LogP) is 2.46. The zero-order valence-corrected chi connectivity index (χ0v) is 12.5. The first-order chi connectivity index (χ1) is 8.36. The highest BCUT2D eigenvalue weighted by Crippen LogP contribution is 2.21. The summed E-state index contributed by atoms with van der Waals surface area (Å²) in [5, 5.41) is 16.1. The summed E-state index contributed by atoms with van der Waals surface area (Å²) >= 11 is 3.44. The van der Waals surface area contributed by atoms with Crippen LogP contribution in [0.1, 0.15) is 50.0 Å². The van der Waals surface area contributed by atoms with Gasteiger partial charge in [-0.15, -0.1) is 15.3 Å². The van der Waals surface area contributed by atoms with Crippen LogP contribution in [0, 0.1) is 0 Å². The van der Waals surface area contributed by atoms with Crippen LogP contribution < -0.4 is 0 Å². The van der Waals surface area contributed by atoms with E-state index in [9.17, 15) is 0 Å². The van der Waals surface area contributed by atoms with E-state index in [1.165, 1.54) is 0 Å². The molecule has 1 atom stereocenters. The van der Waals surface area contributed by atoms with E-state index >= 15 is 0 Å². The predicted molar refractivity (Wildman–Crippen MR) is 69.5 cm³/mol. The Hall–Kier alpha value is -1.24. The molecule has 0 aromatic carbocycles. The second kappa shape index (κ2) is 4.79. The molecule has 0 saturated carbocycles. The highest BCUT2D eigenvalue weighted by atomic mass is 79.9. The zero-order chi connectivity index (χ0) is 13.3. The first-order valence-corrected chi connectivity index (χ1v) is 6.65. The van der Waals surface area contributed by atoms with Crippen molar-refractivity contribution in [2.75, 3.05) is 0 Å². The third kappa shape index (κ3) is 2.95. The SMILES string of the molecule is CC(Br)c1cn(Cc2nnc(C(C)(C)C)o2)nn1. The molecule has 0 aliphatic carbocycles. The third-order valence-electron chi connectivity index (χ3n) is 2.37. The molecule has 0 saturated heterocycles. The molecule has 98 valence electrons. The maximum atomic E-state index is 5.60. The summed E-state index contributed by atoms with van der Waals surface area (Å²) in [6.07, 6.45) is 1.86.